The van der Waals surface area contributed by atoms with Crippen LogP contribution >= 0.6 is 15.9 Å². The van der Waals surface area contributed by atoms with Crippen molar-refractivity contribution >= 4 is 32.9 Å². The Morgan fingerprint density at radius 1 is 1.41 bits per heavy atom. The molecule has 1 N–H and O–H groups in total. The predicted molar refractivity (Wildman–Crippen MR) is 70.3 cm³/mol. The number of nitrogens with zero attached hydrogens (tertiary/aromatic N) is 2. The van der Waals surface area contributed by atoms with Crippen LogP contribution in [-0.4, -0.2) is 27.2 Å². The normalized spacial score (nSPS) is 12.4. The molecule has 0 aliphatic carbocycles. The highest BCUT2D eigenvalue weighted by molar-refractivity contribution is 9.09. The Morgan fingerprint density at radius 3 is 2.94 bits per heavy atom. The molecule has 88 valence electrons. The average molecular weight is 294 g/mol. The van der Waals surface area contributed by atoms with Gasteiger partial charge in [0, 0.05) is 23.8 Å². The minimum atomic E-state index is -0.123. The maximum atomic E-state index is 12.0. The lowest BCUT2D eigenvalue weighted by molar-refractivity contribution is 0.0955. The van der Waals surface area contributed by atoms with Crippen LogP contribution in [0.25, 0.3) is 11.0 Å². The summed E-state index contributed by atoms with van der Waals surface area (Å²) in [5, 5.41) is 2.84. The number of para-hydroxylation sites is 1. The molecular weight excluding hydrogens is 282 g/mol. The number of carbonyl (C=O) groups excluding carboxylic acids is 1. The molecule has 1 unspecified atom stereocenters. The molecule has 2 rings (SSSR count). The van der Waals surface area contributed by atoms with Gasteiger partial charge in [-0.2, -0.15) is 0 Å². The van der Waals surface area contributed by atoms with Crippen LogP contribution in [0, 0.1) is 0 Å². The summed E-state index contributed by atoms with van der Waals surface area (Å²) in [7, 11) is 0. The van der Waals surface area contributed by atoms with Gasteiger partial charge >= 0.3 is 0 Å². The Balaban J connectivity index is 2.32. The summed E-state index contributed by atoms with van der Waals surface area (Å²) in [6.07, 6.45) is 3.21. The van der Waals surface area contributed by atoms with Crippen molar-refractivity contribution in [3.63, 3.8) is 0 Å². The predicted octanol–water partition coefficient (Wildman–Crippen LogP) is 2.14. The van der Waals surface area contributed by atoms with Gasteiger partial charge in [-0.05, 0) is 12.1 Å². The molecule has 0 fully saturated rings. The van der Waals surface area contributed by atoms with Crippen molar-refractivity contribution in [1.82, 2.24) is 15.3 Å². The lowest BCUT2D eigenvalue weighted by Gasteiger charge is -2.07. The van der Waals surface area contributed by atoms with E-state index in [9.17, 15) is 4.79 Å². The van der Waals surface area contributed by atoms with E-state index in [2.05, 4.69) is 31.2 Å². The summed E-state index contributed by atoms with van der Waals surface area (Å²) in [5.74, 6) is -0.123. The first-order valence-corrected chi connectivity index (χ1v) is 6.22. The molecule has 4 nitrogen and oxygen atoms in total. The Kier molecular flexibility index (Phi) is 3.68. The molecule has 0 spiro atoms. The topological polar surface area (TPSA) is 54.9 Å². The maximum Gasteiger partial charge on any atom is 0.253 e. The number of hydrogen-bond donors (Lipinski definition) is 1. The van der Waals surface area contributed by atoms with E-state index in [0.29, 0.717) is 17.6 Å². The van der Waals surface area contributed by atoms with E-state index in [0.717, 1.165) is 5.52 Å². The number of amides is 1. The standard InChI is InChI=1S/C12H12BrN3O/c1-8(13)7-16-12(17)9-3-2-4-10-11(9)15-6-5-14-10/h2-6,8H,7H2,1H3,(H,16,17). The molecule has 17 heavy (non-hydrogen) atoms. The molecular formula is C12H12BrN3O. The molecule has 1 atom stereocenters. The van der Waals surface area contributed by atoms with Crippen molar-refractivity contribution in [2.45, 2.75) is 11.8 Å². The number of halogens is 1. The summed E-state index contributed by atoms with van der Waals surface area (Å²) >= 11 is 3.38. The van der Waals surface area contributed by atoms with Gasteiger partial charge in [0.05, 0.1) is 11.1 Å². The van der Waals surface area contributed by atoms with Crippen molar-refractivity contribution < 1.29 is 4.79 Å². The lowest BCUT2D eigenvalue weighted by atomic mass is 10.1. The summed E-state index contributed by atoms with van der Waals surface area (Å²) in [6.45, 7) is 2.55. The van der Waals surface area contributed by atoms with Gasteiger partial charge in [-0.15, -0.1) is 0 Å². The van der Waals surface area contributed by atoms with E-state index in [1.54, 1.807) is 18.5 Å². The highest BCUT2D eigenvalue weighted by Gasteiger charge is 2.11. The average Bonchev–Trinajstić information content (AvgIpc) is 2.35. The molecule has 0 saturated heterocycles. The molecule has 1 heterocycles. The van der Waals surface area contributed by atoms with E-state index in [-0.39, 0.29) is 10.7 Å². The first-order chi connectivity index (χ1) is 8.18. The monoisotopic (exact) mass is 293 g/mol. The SMILES string of the molecule is CC(Br)CNC(=O)c1cccc2nccnc12. The van der Waals surface area contributed by atoms with Crippen LogP contribution in [-0.2, 0) is 0 Å². The fraction of sp³-hybridized carbons (Fsp3) is 0.250. The number of carbonyl (C=O) groups is 1. The third kappa shape index (κ3) is 2.79. The Bertz CT molecular complexity index is 537. The molecule has 1 amide bonds. The maximum absolute atomic E-state index is 12.0. The van der Waals surface area contributed by atoms with Gasteiger partial charge in [0.1, 0.15) is 5.52 Å². The van der Waals surface area contributed by atoms with Crippen LogP contribution in [0.4, 0.5) is 0 Å². The van der Waals surface area contributed by atoms with Crippen LogP contribution in [0.3, 0.4) is 0 Å². The molecule has 0 aliphatic heterocycles. The number of fused-ring (bicyclic) bond motifs is 1. The van der Waals surface area contributed by atoms with Crippen molar-refractivity contribution in [2.24, 2.45) is 0 Å². The molecule has 0 saturated carbocycles. The van der Waals surface area contributed by atoms with Gasteiger partial charge in [-0.1, -0.05) is 28.9 Å². The number of aromatic nitrogens is 2. The highest BCUT2D eigenvalue weighted by atomic mass is 79.9. The van der Waals surface area contributed by atoms with Gasteiger partial charge in [0.15, 0.2) is 0 Å². The molecule has 5 heteroatoms. The number of rotatable bonds is 3. The zero-order chi connectivity index (χ0) is 12.3. The number of benzene rings is 1. The van der Waals surface area contributed by atoms with Gasteiger partial charge in [0.25, 0.3) is 5.91 Å². The van der Waals surface area contributed by atoms with Gasteiger partial charge in [-0.25, -0.2) is 0 Å². The van der Waals surface area contributed by atoms with E-state index in [4.69, 9.17) is 0 Å². The van der Waals surface area contributed by atoms with Gasteiger partial charge < -0.3 is 5.32 Å². The first kappa shape index (κ1) is 12.0. The highest BCUT2D eigenvalue weighted by Crippen LogP contribution is 2.13. The lowest BCUT2D eigenvalue weighted by Crippen LogP contribution is -2.28. The number of hydrogen-bond acceptors (Lipinski definition) is 3. The van der Waals surface area contributed by atoms with E-state index in [1.165, 1.54) is 0 Å². The van der Waals surface area contributed by atoms with Crippen LogP contribution in [0.15, 0.2) is 30.6 Å². The van der Waals surface area contributed by atoms with Gasteiger partial charge in [-0.3, -0.25) is 14.8 Å². The largest absolute Gasteiger partial charge is 0.351 e. The molecule has 0 bridgehead atoms. The molecule has 1 aromatic heterocycles. The van der Waals surface area contributed by atoms with Crippen molar-refractivity contribution in [2.75, 3.05) is 6.54 Å². The molecule has 0 radical (unpaired) electrons. The van der Waals surface area contributed by atoms with Gasteiger partial charge in [0.2, 0.25) is 0 Å². The van der Waals surface area contributed by atoms with Crippen LogP contribution in [0.1, 0.15) is 17.3 Å². The molecule has 2 aromatic rings. The van der Waals surface area contributed by atoms with Crippen molar-refractivity contribution in [1.29, 1.82) is 0 Å². The second-order valence-electron chi connectivity index (χ2n) is 3.72. The minimum absolute atomic E-state index is 0.123. The summed E-state index contributed by atoms with van der Waals surface area (Å²) in [4.78, 5) is 20.6. The fourth-order valence-corrected chi connectivity index (χ4v) is 1.67. The zero-order valence-corrected chi connectivity index (χ0v) is 10.9. The van der Waals surface area contributed by atoms with E-state index in [1.807, 2.05) is 19.1 Å². The Labute approximate surface area is 108 Å². The smallest absolute Gasteiger partial charge is 0.253 e. The number of alkyl halides is 1. The molecule has 0 aliphatic rings. The van der Waals surface area contributed by atoms with Crippen molar-refractivity contribution in [3.8, 4) is 0 Å². The second-order valence-corrected chi connectivity index (χ2v) is 5.28. The second kappa shape index (κ2) is 5.23. The fourth-order valence-electron chi connectivity index (χ4n) is 1.50. The quantitative estimate of drug-likeness (QED) is 0.882. The summed E-state index contributed by atoms with van der Waals surface area (Å²) in [5.41, 5.74) is 1.92. The van der Waals surface area contributed by atoms with Crippen LogP contribution < -0.4 is 5.32 Å². The first-order valence-electron chi connectivity index (χ1n) is 5.30. The van der Waals surface area contributed by atoms with Crippen LogP contribution in [0.2, 0.25) is 0 Å². The van der Waals surface area contributed by atoms with E-state index < -0.39 is 0 Å². The Morgan fingerprint density at radius 2 is 2.18 bits per heavy atom. The van der Waals surface area contributed by atoms with Crippen LogP contribution in [0.5, 0.6) is 0 Å². The zero-order valence-electron chi connectivity index (χ0n) is 9.35. The minimum Gasteiger partial charge on any atom is -0.351 e. The third-order valence-corrected chi connectivity index (χ3v) is 2.61. The van der Waals surface area contributed by atoms with E-state index >= 15 is 0 Å². The third-order valence-electron chi connectivity index (χ3n) is 2.29. The number of nitrogens with one attached hydrogen (secondary N) is 1. The summed E-state index contributed by atoms with van der Waals surface area (Å²) in [6, 6.07) is 5.40. The van der Waals surface area contributed by atoms with Crippen molar-refractivity contribution in [3.05, 3.63) is 36.2 Å². The molecule has 1 aromatic carbocycles. The Hall–Kier alpha value is -1.49. The summed E-state index contributed by atoms with van der Waals surface area (Å²) < 4.78 is 0.